The van der Waals surface area contributed by atoms with Gasteiger partial charge in [-0.05, 0) is 29.7 Å². The standard InChI is InChI=1S/C23H27N3O2/c1-2-12-26-21(27)17-18-8-6-7-11-20(18)22(26)23(28)25-15-13-24(14-16-25)19-9-4-3-5-10-19/h3-11,22H,2,12-17H2,1H3/t22-/m1/s1. The lowest BCUT2D eigenvalue weighted by Gasteiger charge is -2.42. The summed E-state index contributed by atoms with van der Waals surface area (Å²) in [6.07, 6.45) is 1.24. The molecule has 0 aromatic heterocycles. The van der Waals surface area contributed by atoms with Gasteiger partial charge in [0.1, 0.15) is 6.04 Å². The van der Waals surface area contributed by atoms with Crippen molar-refractivity contribution in [3.05, 3.63) is 65.7 Å². The van der Waals surface area contributed by atoms with Gasteiger partial charge in [0.15, 0.2) is 0 Å². The Morgan fingerprint density at radius 2 is 1.64 bits per heavy atom. The summed E-state index contributed by atoms with van der Waals surface area (Å²) in [5, 5.41) is 0. The number of benzene rings is 2. The van der Waals surface area contributed by atoms with E-state index in [0.29, 0.717) is 26.1 Å². The fraction of sp³-hybridized carbons (Fsp3) is 0.391. The molecular weight excluding hydrogens is 350 g/mol. The van der Waals surface area contributed by atoms with Crippen LogP contribution in [0.3, 0.4) is 0 Å². The molecule has 2 heterocycles. The summed E-state index contributed by atoms with van der Waals surface area (Å²) < 4.78 is 0. The summed E-state index contributed by atoms with van der Waals surface area (Å²) in [6, 6.07) is 17.7. The molecule has 0 aliphatic carbocycles. The van der Waals surface area contributed by atoms with E-state index in [1.807, 2.05) is 54.3 Å². The van der Waals surface area contributed by atoms with Gasteiger partial charge < -0.3 is 14.7 Å². The van der Waals surface area contributed by atoms with Crippen LogP contribution in [0.15, 0.2) is 54.6 Å². The predicted octanol–water partition coefficient (Wildman–Crippen LogP) is 2.87. The van der Waals surface area contributed by atoms with Crippen molar-refractivity contribution < 1.29 is 9.59 Å². The Morgan fingerprint density at radius 1 is 0.964 bits per heavy atom. The van der Waals surface area contributed by atoms with Crippen molar-refractivity contribution in [1.82, 2.24) is 9.80 Å². The van der Waals surface area contributed by atoms with Crippen molar-refractivity contribution in [3.63, 3.8) is 0 Å². The highest BCUT2D eigenvalue weighted by atomic mass is 16.2. The Hall–Kier alpha value is -2.82. The smallest absolute Gasteiger partial charge is 0.250 e. The highest BCUT2D eigenvalue weighted by Gasteiger charge is 2.39. The lowest BCUT2D eigenvalue weighted by Crippen LogP contribution is -2.54. The van der Waals surface area contributed by atoms with Gasteiger partial charge in [0.2, 0.25) is 11.8 Å². The van der Waals surface area contributed by atoms with Crippen LogP contribution in [0.5, 0.6) is 0 Å². The summed E-state index contributed by atoms with van der Waals surface area (Å²) >= 11 is 0. The zero-order chi connectivity index (χ0) is 19.5. The van der Waals surface area contributed by atoms with Gasteiger partial charge in [0.25, 0.3) is 0 Å². The van der Waals surface area contributed by atoms with E-state index in [9.17, 15) is 9.59 Å². The van der Waals surface area contributed by atoms with Gasteiger partial charge in [-0.25, -0.2) is 0 Å². The second kappa shape index (κ2) is 8.05. The largest absolute Gasteiger partial charge is 0.368 e. The molecule has 2 aliphatic heterocycles. The molecule has 0 bridgehead atoms. The van der Waals surface area contributed by atoms with Crippen LogP contribution in [0.1, 0.15) is 30.5 Å². The molecule has 5 heteroatoms. The van der Waals surface area contributed by atoms with E-state index in [1.54, 1.807) is 4.90 Å². The molecule has 28 heavy (non-hydrogen) atoms. The third-order valence-corrected chi connectivity index (χ3v) is 5.73. The van der Waals surface area contributed by atoms with E-state index in [2.05, 4.69) is 17.0 Å². The van der Waals surface area contributed by atoms with Crippen LogP contribution in [0.25, 0.3) is 0 Å². The highest BCUT2D eigenvalue weighted by molar-refractivity contribution is 5.92. The Bertz CT molecular complexity index is 844. The van der Waals surface area contributed by atoms with E-state index >= 15 is 0 Å². The van der Waals surface area contributed by atoms with Crippen molar-refractivity contribution >= 4 is 17.5 Å². The molecule has 0 spiro atoms. The first-order valence-electron chi connectivity index (χ1n) is 10.1. The molecule has 2 amide bonds. The molecular formula is C23H27N3O2. The first-order chi connectivity index (χ1) is 13.7. The van der Waals surface area contributed by atoms with Crippen LogP contribution in [-0.4, -0.2) is 54.3 Å². The predicted molar refractivity (Wildman–Crippen MR) is 110 cm³/mol. The molecule has 0 radical (unpaired) electrons. The number of para-hydroxylation sites is 1. The quantitative estimate of drug-likeness (QED) is 0.823. The van der Waals surface area contributed by atoms with Crippen molar-refractivity contribution in [2.45, 2.75) is 25.8 Å². The Labute approximate surface area is 166 Å². The average molecular weight is 377 g/mol. The summed E-state index contributed by atoms with van der Waals surface area (Å²) in [6.45, 7) is 5.65. The SMILES string of the molecule is CCCN1C(=O)Cc2ccccc2[C@@H]1C(=O)N1CCN(c2ccccc2)CC1. The molecule has 4 rings (SSSR count). The summed E-state index contributed by atoms with van der Waals surface area (Å²) in [5.41, 5.74) is 3.17. The van der Waals surface area contributed by atoms with Crippen molar-refractivity contribution in [2.24, 2.45) is 0 Å². The minimum atomic E-state index is -0.485. The van der Waals surface area contributed by atoms with Gasteiger partial charge in [-0.15, -0.1) is 0 Å². The fourth-order valence-electron chi connectivity index (χ4n) is 4.30. The number of carbonyl (C=O) groups excluding carboxylic acids is 2. The van der Waals surface area contributed by atoms with E-state index in [1.165, 1.54) is 5.69 Å². The summed E-state index contributed by atoms with van der Waals surface area (Å²) in [4.78, 5) is 32.3. The number of carbonyl (C=O) groups is 2. The number of hydrogen-bond acceptors (Lipinski definition) is 3. The zero-order valence-corrected chi connectivity index (χ0v) is 16.4. The van der Waals surface area contributed by atoms with Crippen molar-refractivity contribution in [1.29, 1.82) is 0 Å². The van der Waals surface area contributed by atoms with E-state index < -0.39 is 6.04 Å². The molecule has 0 N–H and O–H groups in total. The van der Waals surface area contributed by atoms with Crippen molar-refractivity contribution in [3.8, 4) is 0 Å². The third kappa shape index (κ3) is 3.49. The minimum Gasteiger partial charge on any atom is -0.368 e. The molecule has 0 unspecified atom stereocenters. The second-order valence-electron chi connectivity index (χ2n) is 7.51. The second-order valence-corrected chi connectivity index (χ2v) is 7.51. The number of rotatable bonds is 4. The number of anilines is 1. The lowest BCUT2D eigenvalue weighted by atomic mass is 9.91. The fourth-order valence-corrected chi connectivity index (χ4v) is 4.30. The molecule has 1 atom stereocenters. The van der Waals surface area contributed by atoms with Gasteiger partial charge in [0, 0.05) is 38.4 Å². The van der Waals surface area contributed by atoms with Gasteiger partial charge in [-0.1, -0.05) is 49.4 Å². The maximum Gasteiger partial charge on any atom is 0.250 e. The number of nitrogens with zero attached hydrogens (tertiary/aromatic N) is 3. The number of amides is 2. The van der Waals surface area contributed by atoms with Crippen LogP contribution in [0, 0.1) is 0 Å². The number of piperazine rings is 1. The Balaban J connectivity index is 1.54. The lowest BCUT2D eigenvalue weighted by molar-refractivity contribution is -0.147. The Morgan fingerprint density at radius 3 is 2.36 bits per heavy atom. The molecule has 2 aromatic carbocycles. The topological polar surface area (TPSA) is 43.9 Å². The average Bonchev–Trinajstić information content (AvgIpc) is 2.75. The molecule has 1 fully saturated rings. The maximum atomic E-state index is 13.5. The first kappa shape index (κ1) is 18.5. The van der Waals surface area contributed by atoms with E-state index in [4.69, 9.17) is 0 Å². The van der Waals surface area contributed by atoms with E-state index in [0.717, 1.165) is 30.6 Å². The number of fused-ring (bicyclic) bond motifs is 1. The number of hydrogen-bond donors (Lipinski definition) is 0. The van der Waals surface area contributed by atoms with Gasteiger partial charge in [0.05, 0.1) is 6.42 Å². The Kier molecular flexibility index (Phi) is 5.33. The molecule has 2 aromatic rings. The van der Waals surface area contributed by atoms with Crippen LogP contribution >= 0.6 is 0 Å². The van der Waals surface area contributed by atoms with Crippen LogP contribution in [0.4, 0.5) is 5.69 Å². The molecule has 5 nitrogen and oxygen atoms in total. The van der Waals surface area contributed by atoms with Crippen LogP contribution < -0.4 is 4.90 Å². The summed E-state index contributed by atoms with van der Waals surface area (Å²) in [7, 11) is 0. The molecule has 146 valence electrons. The van der Waals surface area contributed by atoms with E-state index in [-0.39, 0.29) is 11.8 Å². The molecule has 2 aliphatic rings. The third-order valence-electron chi connectivity index (χ3n) is 5.73. The molecule has 1 saturated heterocycles. The molecule has 0 saturated carbocycles. The monoisotopic (exact) mass is 377 g/mol. The van der Waals surface area contributed by atoms with Crippen molar-refractivity contribution in [2.75, 3.05) is 37.6 Å². The van der Waals surface area contributed by atoms with Gasteiger partial charge in [-0.3, -0.25) is 9.59 Å². The summed E-state index contributed by atoms with van der Waals surface area (Å²) in [5.74, 6) is 0.114. The van der Waals surface area contributed by atoms with Crippen LogP contribution in [0.2, 0.25) is 0 Å². The van der Waals surface area contributed by atoms with Crippen LogP contribution in [-0.2, 0) is 16.0 Å². The normalized spacial score (nSPS) is 19.5. The van der Waals surface area contributed by atoms with Gasteiger partial charge in [-0.2, -0.15) is 0 Å². The maximum absolute atomic E-state index is 13.5. The van der Waals surface area contributed by atoms with Gasteiger partial charge >= 0.3 is 0 Å². The zero-order valence-electron chi connectivity index (χ0n) is 16.4. The highest BCUT2D eigenvalue weighted by Crippen LogP contribution is 2.32. The first-order valence-corrected chi connectivity index (χ1v) is 10.1. The minimum absolute atomic E-state index is 0.0571.